The maximum Gasteiger partial charge on any atom is 0.0500 e. The second-order valence-corrected chi connectivity index (χ2v) is 1.48. The van der Waals surface area contributed by atoms with E-state index in [4.69, 9.17) is 9.85 Å². The van der Waals surface area contributed by atoms with Crippen molar-refractivity contribution in [3.63, 3.8) is 0 Å². The van der Waals surface area contributed by atoms with Gasteiger partial charge in [0.2, 0.25) is 0 Å². The Hall–Kier alpha value is -1.05. The molecule has 2 heteroatoms. The lowest BCUT2D eigenvalue weighted by Crippen LogP contribution is -1.85. The average Bonchev–Trinajstić information content (AvgIpc) is 1.86. The van der Waals surface area contributed by atoms with Crippen LogP contribution in [0.1, 0.15) is 9.81 Å². The van der Waals surface area contributed by atoms with Crippen LogP contribution in [0.15, 0.2) is 18.3 Å². The first-order valence-corrected chi connectivity index (χ1v) is 2.22. The summed E-state index contributed by atoms with van der Waals surface area (Å²) in [5.41, 5.74) is 5.87. The highest BCUT2D eigenvalue weighted by atomic mass is 14.7. The summed E-state index contributed by atoms with van der Waals surface area (Å²) < 4.78 is 20.9. The van der Waals surface area contributed by atoms with Crippen molar-refractivity contribution in [2.45, 2.75) is 6.85 Å². The number of pyridine rings is 1. The molecule has 0 aliphatic rings. The Labute approximate surface area is 52.6 Å². The number of nitrogens with two attached hydrogens (primary N) is 1. The summed E-state index contributed by atoms with van der Waals surface area (Å²) in [5, 5.41) is 0. The lowest BCUT2D eigenvalue weighted by atomic mass is 10.4. The molecule has 0 radical (unpaired) electrons. The van der Waals surface area contributed by atoms with Crippen molar-refractivity contribution in [3.8, 4) is 0 Å². The van der Waals surface area contributed by atoms with Crippen LogP contribution in [0.25, 0.3) is 0 Å². The van der Waals surface area contributed by atoms with E-state index in [2.05, 4.69) is 4.98 Å². The minimum atomic E-state index is -2.13. The number of aromatic nitrogens is 1. The third-order valence-corrected chi connectivity index (χ3v) is 0.786. The van der Waals surface area contributed by atoms with Crippen molar-refractivity contribution < 1.29 is 4.11 Å². The topological polar surface area (TPSA) is 38.9 Å². The van der Waals surface area contributed by atoms with E-state index in [1.54, 1.807) is 0 Å². The maximum atomic E-state index is 6.97. The van der Waals surface area contributed by atoms with Crippen molar-refractivity contribution in [1.29, 1.82) is 0 Å². The molecule has 0 spiro atoms. The molecule has 0 atom stereocenters. The van der Waals surface area contributed by atoms with E-state index in [-0.39, 0.29) is 5.69 Å². The standard InChI is InChI=1S/C6H8N2/c1-5-2-3-6(7)4-8-5/h2-4H,7H2,1H3/i1D3. The van der Waals surface area contributed by atoms with Crippen LogP contribution in [-0.4, -0.2) is 4.98 Å². The minimum Gasteiger partial charge on any atom is -0.397 e. The molecule has 0 aliphatic heterocycles. The zero-order valence-electron chi connectivity index (χ0n) is 7.26. The Morgan fingerprint density at radius 2 is 2.62 bits per heavy atom. The van der Waals surface area contributed by atoms with E-state index in [0.29, 0.717) is 5.69 Å². The molecule has 1 rings (SSSR count). The first kappa shape index (κ1) is 2.49. The molecular weight excluding hydrogens is 100 g/mol. The van der Waals surface area contributed by atoms with Gasteiger partial charge in [0.25, 0.3) is 0 Å². The summed E-state index contributed by atoms with van der Waals surface area (Å²) in [7, 11) is 0. The summed E-state index contributed by atoms with van der Waals surface area (Å²) in [4.78, 5) is 3.66. The maximum absolute atomic E-state index is 6.97. The molecule has 0 unspecified atom stereocenters. The van der Waals surface area contributed by atoms with Crippen LogP contribution in [0, 0.1) is 6.85 Å². The van der Waals surface area contributed by atoms with Crippen LogP contribution in [0.2, 0.25) is 0 Å². The van der Waals surface area contributed by atoms with Gasteiger partial charge in [-0.2, -0.15) is 0 Å². The van der Waals surface area contributed by atoms with E-state index in [1.165, 1.54) is 18.3 Å². The van der Waals surface area contributed by atoms with Crippen molar-refractivity contribution in [1.82, 2.24) is 4.98 Å². The fourth-order valence-electron chi connectivity index (χ4n) is 0.405. The number of nitrogen functional groups attached to an aromatic ring is 1. The number of nitrogens with zero attached hydrogens (tertiary/aromatic N) is 1. The number of aryl methyl sites for hydroxylation is 1. The third-order valence-electron chi connectivity index (χ3n) is 0.786. The van der Waals surface area contributed by atoms with Gasteiger partial charge in [0.05, 0.1) is 11.9 Å². The molecule has 0 saturated heterocycles. The van der Waals surface area contributed by atoms with Gasteiger partial charge in [-0.3, -0.25) is 4.98 Å². The normalized spacial score (nSPS) is 16.2. The summed E-state index contributed by atoms with van der Waals surface area (Å²) in [6, 6.07) is 2.93. The molecule has 2 N–H and O–H groups in total. The van der Waals surface area contributed by atoms with Gasteiger partial charge < -0.3 is 5.73 Å². The predicted octanol–water partition coefficient (Wildman–Crippen LogP) is 0.972. The zero-order valence-corrected chi connectivity index (χ0v) is 4.26. The summed E-state index contributed by atoms with van der Waals surface area (Å²) in [5.74, 6) is 0. The molecule has 0 aliphatic carbocycles. The van der Waals surface area contributed by atoms with E-state index in [0.717, 1.165) is 0 Å². The second-order valence-electron chi connectivity index (χ2n) is 1.48. The number of anilines is 1. The minimum absolute atomic E-state index is 0.0756. The first-order valence-electron chi connectivity index (χ1n) is 3.72. The van der Waals surface area contributed by atoms with Gasteiger partial charge in [0, 0.05) is 9.81 Å². The molecule has 1 aromatic heterocycles. The molecule has 8 heavy (non-hydrogen) atoms. The van der Waals surface area contributed by atoms with Crippen LogP contribution < -0.4 is 5.73 Å². The Morgan fingerprint density at radius 3 is 3.12 bits per heavy atom. The Morgan fingerprint density at radius 1 is 1.75 bits per heavy atom. The summed E-state index contributed by atoms with van der Waals surface area (Å²) in [6.07, 6.45) is 1.34. The van der Waals surface area contributed by atoms with Gasteiger partial charge in [-0.25, -0.2) is 0 Å². The fourth-order valence-corrected chi connectivity index (χ4v) is 0.405. The molecule has 1 aromatic rings. The largest absolute Gasteiger partial charge is 0.397 e. The highest BCUT2D eigenvalue weighted by Crippen LogP contribution is 1.97. The molecule has 42 valence electrons. The average molecular weight is 111 g/mol. The Bertz CT molecular complexity index is 239. The van der Waals surface area contributed by atoms with Gasteiger partial charge in [0.15, 0.2) is 0 Å². The van der Waals surface area contributed by atoms with Crippen molar-refractivity contribution >= 4 is 5.69 Å². The molecule has 0 fully saturated rings. The second kappa shape index (κ2) is 1.82. The highest BCUT2D eigenvalue weighted by Gasteiger charge is 1.81. The summed E-state index contributed by atoms with van der Waals surface area (Å²) in [6.45, 7) is -2.13. The number of rotatable bonds is 0. The highest BCUT2D eigenvalue weighted by molar-refractivity contribution is 5.34. The van der Waals surface area contributed by atoms with Gasteiger partial charge in [-0.15, -0.1) is 0 Å². The number of hydrogen-bond acceptors (Lipinski definition) is 2. The third kappa shape index (κ3) is 0.964. The Balaban J connectivity index is 2.99. The van der Waals surface area contributed by atoms with Crippen LogP contribution >= 0.6 is 0 Å². The molecular formula is C6H8N2. The van der Waals surface area contributed by atoms with E-state index in [9.17, 15) is 0 Å². The van der Waals surface area contributed by atoms with Crippen molar-refractivity contribution in [3.05, 3.63) is 24.0 Å². The lowest BCUT2D eigenvalue weighted by molar-refractivity contribution is 1.20. The molecule has 0 bridgehead atoms. The number of hydrogen-bond donors (Lipinski definition) is 1. The smallest absolute Gasteiger partial charge is 0.0500 e. The van der Waals surface area contributed by atoms with E-state index >= 15 is 0 Å². The van der Waals surface area contributed by atoms with E-state index < -0.39 is 6.85 Å². The monoisotopic (exact) mass is 111 g/mol. The van der Waals surface area contributed by atoms with Crippen LogP contribution in [0.4, 0.5) is 5.69 Å². The molecule has 1 heterocycles. The zero-order chi connectivity index (χ0) is 8.48. The lowest BCUT2D eigenvalue weighted by Gasteiger charge is -1.89. The van der Waals surface area contributed by atoms with Crippen LogP contribution in [-0.2, 0) is 0 Å². The first-order chi connectivity index (χ1) is 5.00. The quantitative estimate of drug-likeness (QED) is 0.541. The fraction of sp³-hybridized carbons (Fsp3) is 0.167. The Kier molecular flexibility index (Phi) is 0.565. The van der Waals surface area contributed by atoms with Gasteiger partial charge in [-0.05, 0) is 19.0 Å². The predicted molar refractivity (Wildman–Crippen MR) is 33.4 cm³/mol. The molecule has 0 aromatic carbocycles. The van der Waals surface area contributed by atoms with Crippen LogP contribution in [0.5, 0.6) is 0 Å². The van der Waals surface area contributed by atoms with Crippen LogP contribution in [0.3, 0.4) is 0 Å². The summed E-state index contributed by atoms with van der Waals surface area (Å²) >= 11 is 0. The van der Waals surface area contributed by atoms with Crippen molar-refractivity contribution in [2.75, 3.05) is 5.73 Å². The van der Waals surface area contributed by atoms with Crippen molar-refractivity contribution in [2.24, 2.45) is 0 Å². The molecule has 0 saturated carbocycles. The molecule has 2 nitrogen and oxygen atoms in total. The van der Waals surface area contributed by atoms with Gasteiger partial charge in [-0.1, -0.05) is 0 Å². The van der Waals surface area contributed by atoms with Gasteiger partial charge >= 0.3 is 0 Å². The van der Waals surface area contributed by atoms with Gasteiger partial charge in [0.1, 0.15) is 0 Å². The van der Waals surface area contributed by atoms with E-state index in [1.807, 2.05) is 0 Å². The molecule has 0 amide bonds. The SMILES string of the molecule is [2H]C([2H])([2H])c1ccc(N)cn1.